The van der Waals surface area contributed by atoms with Crippen LogP contribution in [0.1, 0.15) is 32.3 Å². The van der Waals surface area contributed by atoms with Gasteiger partial charge in [0.05, 0.1) is 6.61 Å². The Kier molecular flexibility index (Phi) is 6.46. The van der Waals surface area contributed by atoms with Crippen LogP contribution in [0.25, 0.3) is 0 Å². The molecule has 144 valence electrons. The SMILES string of the molecule is CCOC(=O)N1CCC(Nc2cc(Nc3ccc(CC)cc3)ncn2)CC1. The fourth-order valence-corrected chi connectivity index (χ4v) is 3.11. The Morgan fingerprint density at radius 1 is 1.15 bits per heavy atom. The lowest BCUT2D eigenvalue weighted by Crippen LogP contribution is -2.42. The molecule has 27 heavy (non-hydrogen) atoms. The van der Waals surface area contributed by atoms with Crippen molar-refractivity contribution in [2.75, 3.05) is 30.3 Å². The third-order valence-electron chi connectivity index (χ3n) is 4.67. The number of carbonyl (C=O) groups excluding carboxylic acids is 1. The number of aromatic nitrogens is 2. The van der Waals surface area contributed by atoms with E-state index in [9.17, 15) is 4.79 Å². The van der Waals surface area contributed by atoms with Crippen molar-refractivity contribution in [3.8, 4) is 0 Å². The third-order valence-corrected chi connectivity index (χ3v) is 4.67. The molecule has 0 spiro atoms. The van der Waals surface area contributed by atoms with Gasteiger partial charge in [-0.3, -0.25) is 0 Å². The van der Waals surface area contributed by atoms with E-state index in [1.165, 1.54) is 5.56 Å². The van der Waals surface area contributed by atoms with E-state index in [0.29, 0.717) is 19.7 Å². The van der Waals surface area contributed by atoms with E-state index in [4.69, 9.17) is 4.74 Å². The van der Waals surface area contributed by atoms with Crippen LogP contribution < -0.4 is 10.6 Å². The first-order chi connectivity index (χ1) is 13.2. The quantitative estimate of drug-likeness (QED) is 0.806. The first-order valence-corrected chi connectivity index (χ1v) is 9.54. The highest BCUT2D eigenvalue weighted by Gasteiger charge is 2.23. The van der Waals surface area contributed by atoms with Crippen LogP contribution in [-0.2, 0) is 11.2 Å². The molecule has 3 rings (SSSR count). The summed E-state index contributed by atoms with van der Waals surface area (Å²) < 4.78 is 5.06. The molecule has 2 heterocycles. The van der Waals surface area contributed by atoms with Gasteiger partial charge in [0.2, 0.25) is 0 Å². The van der Waals surface area contributed by atoms with Gasteiger partial charge in [-0.15, -0.1) is 0 Å². The molecular weight excluding hydrogens is 342 g/mol. The van der Waals surface area contributed by atoms with Gasteiger partial charge in [0.15, 0.2) is 0 Å². The van der Waals surface area contributed by atoms with Gasteiger partial charge in [-0.1, -0.05) is 19.1 Å². The summed E-state index contributed by atoms with van der Waals surface area (Å²) in [6.45, 7) is 5.76. The summed E-state index contributed by atoms with van der Waals surface area (Å²) in [5, 5.41) is 6.76. The molecule has 1 amide bonds. The number of amides is 1. The lowest BCUT2D eigenvalue weighted by Gasteiger charge is -2.31. The Bertz CT molecular complexity index is 742. The van der Waals surface area contributed by atoms with E-state index in [1.807, 2.05) is 13.0 Å². The van der Waals surface area contributed by atoms with E-state index in [-0.39, 0.29) is 12.1 Å². The van der Waals surface area contributed by atoms with Gasteiger partial charge in [-0.05, 0) is 43.9 Å². The summed E-state index contributed by atoms with van der Waals surface area (Å²) in [4.78, 5) is 22.1. The molecular formula is C20H27N5O2. The van der Waals surface area contributed by atoms with Gasteiger partial charge < -0.3 is 20.3 Å². The Balaban J connectivity index is 1.54. The molecule has 2 aromatic rings. The number of rotatable bonds is 6. The van der Waals surface area contributed by atoms with Crippen molar-refractivity contribution in [3.63, 3.8) is 0 Å². The van der Waals surface area contributed by atoms with E-state index in [1.54, 1.807) is 11.2 Å². The first-order valence-electron chi connectivity index (χ1n) is 9.54. The van der Waals surface area contributed by atoms with Crippen LogP contribution in [0.2, 0.25) is 0 Å². The van der Waals surface area contributed by atoms with Crippen molar-refractivity contribution in [2.24, 2.45) is 0 Å². The lowest BCUT2D eigenvalue weighted by atomic mass is 10.1. The predicted octanol–water partition coefficient (Wildman–Crippen LogP) is 3.82. The van der Waals surface area contributed by atoms with E-state index >= 15 is 0 Å². The van der Waals surface area contributed by atoms with Crippen molar-refractivity contribution >= 4 is 23.4 Å². The zero-order chi connectivity index (χ0) is 19.1. The van der Waals surface area contributed by atoms with Gasteiger partial charge in [0, 0.05) is 30.9 Å². The minimum Gasteiger partial charge on any atom is -0.450 e. The number of hydrogen-bond acceptors (Lipinski definition) is 6. The monoisotopic (exact) mass is 369 g/mol. The maximum atomic E-state index is 11.8. The third kappa shape index (κ3) is 5.32. The standard InChI is InChI=1S/C20H27N5O2/c1-3-15-5-7-16(8-6-15)23-18-13-19(22-14-21-18)24-17-9-11-25(12-10-17)20(26)27-4-2/h5-8,13-14,17H,3-4,9-12H2,1-2H3,(H2,21,22,23,24). The average Bonchev–Trinajstić information content (AvgIpc) is 2.70. The Labute approximate surface area is 160 Å². The van der Waals surface area contributed by atoms with E-state index in [2.05, 4.69) is 51.8 Å². The number of nitrogens with zero attached hydrogens (tertiary/aromatic N) is 3. The predicted molar refractivity (Wildman–Crippen MR) is 106 cm³/mol. The second-order valence-corrected chi connectivity index (χ2v) is 6.57. The molecule has 0 aliphatic carbocycles. The molecule has 0 saturated carbocycles. The number of carbonyl (C=O) groups is 1. The Morgan fingerprint density at radius 3 is 2.52 bits per heavy atom. The fraction of sp³-hybridized carbons (Fsp3) is 0.450. The normalized spacial score (nSPS) is 14.7. The summed E-state index contributed by atoms with van der Waals surface area (Å²) >= 11 is 0. The highest BCUT2D eigenvalue weighted by Crippen LogP contribution is 2.20. The van der Waals surface area contributed by atoms with Crippen LogP contribution in [0.3, 0.4) is 0 Å². The summed E-state index contributed by atoms with van der Waals surface area (Å²) in [7, 11) is 0. The number of aryl methyl sites for hydroxylation is 1. The maximum Gasteiger partial charge on any atom is 0.409 e. The second-order valence-electron chi connectivity index (χ2n) is 6.57. The molecule has 7 nitrogen and oxygen atoms in total. The Morgan fingerprint density at radius 2 is 1.85 bits per heavy atom. The van der Waals surface area contributed by atoms with Gasteiger partial charge in [-0.25, -0.2) is 14.8 Å². The van der Waals surface area contributed by atoms with Crippen LogP contribution >= 0.6 is 0 Å². The summed E-state index contributed by atoms with van der Waals surface area (Å²) in [6, 6.07) is 10.5. The van der Waals surface area contributed by atoms with Gasteiger partial charge in [-0.2, -0.15) is 0 Å². The molecule has 0 unspecified atom stereocenters. The highest BCUT2D eigenvalue weighted by molar-refractivity contribution is 5.67. The molecule has 1 aliphatic rings. The van der Waals surface area contributed by atoms with Crippen molar-refractivity contribution in [1.82, 2.24) is 14.9 Å². The van der Waals surface area contributed by atoms with Crippen LogP contribution in [0.4, 0.5) is 22.1 Å². The summed E-state index contributed by atoms with van der Waals surface area (Å²) in [5.74, 6) is 1.54. The molecule has 1 aliphatic heterocycles. The molecule has 0 radical (unpaired) electrons. The maximum absolute atomic E-state index is 11.8. The topological polar surface area (TPSA) is 79.4 Å². The second kappa shape index (κ2) is 9.21. The minimum atomic E-state index is -0.224. The van der Waals surface area contributed by atoms with Crippen LogP contribution in [0, 0.1) is 0 Å². The first kappa shape index (κ1) is 18.9. The summed E-state index contributed by atoms with van der Waals surface area (Å²) in [6.07, 6.45) is 4.09. The van der Waals surface area contributed by atoms with Gasteiger partial charge in [0.25, 0.3) is 0 Å². The molecule has 1 saturated heterocycles. The number of benzene rings is 1. The summed E-state index contributed by atoms with van der Waals surface area (Å²) in [5.41, 5.74) is 2.30. The lowest BCUT2D eigenvalue weighted by molar-refractivity contribution is 0.0983. The van der Waals surface area contributed by atoms with Crippen molar-refractivity contribution in [1.29, 1.82) is 0 Å². The van der Waals surface area contributed by atoms with Gasteiger partial charge >= 0.3 is 6.09 Å². The van der Waals surface area contributed by atoms with Crippen molar-refractivity contribution < 1.29 is 9.53 Å². The number of ether oxygens (including phenoxy) is 1. The highest BCUT2D eigenvalue weighted by atomic mass is 16.6. The molecule has 0 atom stereocenters. The molecule has 0 bridgehead atoms. The minimum absolute atomic E-state index is 0.224. The number of piperidine rings is 1. The van der Waals surface area contributed by atoms with Crippen LogP contribution in [0.5, 0.6) is 0 Å². The van der Waals surface area contributed by atoms with Crippen molar-refractivity contribution in [3.05, 3.63) is 42.2 Å². The van der Waals surface area contributed by atoms with E-state index < -0.39 is 0 Å². The Hall–Kier alpha value is -2.83. The molecule has 2 N–H and O–H groups in total. The van der Waals surface area contributed by atoms with Crippen LogP contribution in [-0.4, -0.2) is 46.7 Å². The zero-order valence-electron chi connectivity index (χ0n) is 15.9. The average molecular weight is 369 g/mol. The zero-order valence-corrected chi connectivity index (χ0v) is 15.9. The largest absolute Gasteiger partial charge is 0.450 e. The van der Waals surface area contributed by atoms with E-state index in [0.717, 1.165) is 36.6 Å². The molecule has 1 aromatic heterocycles. The van der Waals surface area contributed by atoms with Gasteiger partial charge in [0.1, 0.15) is 18.0 Å². The number of anilines is 3. The number of likely N-dealkylation sites (tertiary alicyclic amines) is 1. The molecule has 7 heteroatoms. The van der Waals surface area contributed by atoms with Crippen LogP contribution in [0.15, 0.2) is 36.7 Å². The fourth-order valence-electron chi connectivity index (χ4n) is 3.11. The number of nitrogens with one attached hydrogen (secondary N) is 2. The molecule has 1 fully saturated rings. The number of hydrogen-bond donors (Lipinski definition) is 2. The smallest absolute Gasteiger partial charge is 0.409 e. The molecule has 1 aromatic carbocycles. The van der Waals surface area contributed by atoms with Crippen molar-refractivity contribution in [2.45, 2.75) is 39.2 Å².